The highest BCUT2D eigenvalue weighted by Crippen LogP contribution is 2.20. The van der Waals surface area contributed by atoms with Crippen LogP contribution in [0.3, 0.4) is 0 Å². The molecule has 2 aromatic rings. The van der Waals surface area contributed by atoms with Crippen LogP contribution in [0.4, 0.5) is 0 Å². The molecule has 24 heavy (non-hydrogen) atoms. The summed E-state index contributed by atoms with van der Waals surface area (Å²) in [6.07, 6.45) is 0. The zero-order chi connectivity index (χ0) is 18.3. The van der Waals surface area contributed by atoms with Crippen LogP contribution in [0.1, 0.15) is 101 Å². The standard InChI is InChI=1S/2C12H18/c1-9(2)11-5-7-12(8-6-11)10(3)4;1-9(2)11-6-5-7-12(8-11)10(3)4/h2*5-10H,1-4H3. The molecule has 2 rings (SSSR count). The summed E-state index contributed by atoms with van der Waals surface area (Å²) in [5.74, 6) is 2.57. The number of benzene rings is 2. The van der Waals surface area contributed by atoms with Gasteiger partial charge in [-0.15, -0.1) is 0 Å². The van der Waals surface area contributed by atoms with Crippen molar-refractivity contribution in [3.8, 4) is 0 Å². The average molecular weight is 325 g/mol. The fourth-order valence-electron chi connectivity index (χ4n) is 2.54. The van der Waals surface area contributed by atoms with E-state index in [9.17, 15) is 0 Å². The van der Waals surface area contributed by atoms with Gasteiger partial charge in [0.1, 0.15) is 0 Å². The van der Waals surface area contributed by atoms with Crippen molar-refractivity contribution >= 4 is 0 Å². The number of hydrogen-bond acceptors (Lipinski definition) is 0. The highest BCUT2D eigenvalue weighted by molar-refractivity contribution is 5.28. The summed E-state index contributed by atoms with van der Waals surface area (Å²) < 4.78 is 0. The Balaban J connectivity index is 0.000000240. The molecule has 0 fully saturated rings. The summed E-state index contributed by atoms with van der Waals surface area (Å²) in [4.78, 5) is 0. The third kappa shape index (κ3) is 6.51. The van der Waals surface area contributed by atoms with E-state index in [2.05, 4.69) is 104 Å². The molecule has 0 heteroatoms. The highest BCUT2D eigenvalue weighted by Gasteiger charge is 2.02. The van der Waals surface area contributed by atoms with E-state index >= 15 is 0 Å². The van der Waals surface area contributed by atoms with Crippen molar-refractivity contribution in [1.29, 1.82) is 0 Å². The Kier molecular flexibility index (Phi) is 8.25. The molecule has 0 atom stereocenters. The first-order valence-corrected chi connectivity index (χ1v) is 9.42. The Labute approximate surface area is 150 Å². The summed E-state index contributed by atoms with van der Waals surface area (Å²) in [5, 5.41) is 0. The SMILES string of the molecule is CC(C)c1ccc(C(C)C)cc1.CC(C)c1cccc(C(C)C)c1. The van der Waals surface area contributed by atoms with E-state index in [-0.39, 0.29) is 0 Å². The molecular formula is C24H36. The Hall–Kier alpha value is -1.56. The molecule has 0 aliphatic heterocycles. The van der Waals surface area contributed by atoms with Crippen LogP contribution in [0.2, 0.25) is 0 Å². The zero-order valence-electron chi connectivity index (χ0n) is 16.9. The van der Waals surface area contributed by atoms with Crippen LogP contribution in [0.15, 0.2) is 48.5 Å². The van der Waals surface area contributed by atoms with Crippen molar-refractivity contribution < 1.29 is 0 Å². The summed E-state index contributed by atoms with van der Waals surface area (Å²) in [6, 6.07) is 17.8. The van der Waals surface area contributed by atoms with E-state index < -0.39 is 0 Å². The van der Waals surface area contributed by atoms with Crippen LogP contribution in [-0.2, 0) is 0 Å². The first-order valence-electron chi connectivity index (χ1n) is 9.42. The third-order valence-electron chi connectivity index (χ3n) is 4.51. The fourth-order valence-corrected chi connectivity index (χ4v) is 2.54. The second-order valence-electron chi connectivity index (χ2n) is 7.96. The molecule has 0 aliphatic carbocycles. The minimum Gasteiger partial charge on any atom is -0.0617 e. The first-order chi connectivity index (χ1) is 11.2. The molecule has 0 saturated carbocycles. The number of hydrogen-bond donors (Lipinski definition) is 0. The average Bonchev–Trinajstić information content (AvgIpc) is 2.55. The monoisotopic (exact) mass is 324 g/mol. The molecule has 0 nitrogen and oxygen atoms in total. The van der Waals surface area contributed by atoms with Gasteiger partial charge in [-0.1, -0.05) is 104 Å². The van der Waals surface area contributed by atoms with Gasteiger partial charge in [-0.05, 0) is 45.9 Å². The van der Waals surface area contributed by atoms with E-state index in [1.165, 1.54) is 22.3 Å². The molecular weight excluding hydrogens is 288 g/mol. The van der Waals surface area contributed by atoms with Gasteiger partial charge in [0, 0.05) is 0 Å². The smallest absolute Gasteiger partial charge is 0.0219 e. The molecule has 0 amide bonds. The number of rotatable bonds is 4. The molecule has 0 radical (unpaired) electrons. The largest absolute Gasteiger partial charge is 0.0617 e. The van der Waals surface area contributed by atoms with Gasteiger partial charge in [-0.2, -0.15) is 0 Å². The maximum absolute atomic E-state index is 2.31. The van der Waals surface area contributed by atoms with Gasteiger partial charge in [0.2, 0.25) is 0 Å². The van der Waals surface area contributed by atoms with E-state index in [1.807, 2.05) is 0 Å². The summed E-state index contributed by atoms with van der Waals surface area (Å²) in [5.41, 5.74) is 5.75. The predicted octanol–water partition coefficient (Wildman–Crippen LogP) is 7.87. The van der Waals surface area contributed by atoms with Gasteiger partial charge in [-0.25, -0.2) is 0 Å². The van der Waals surface area contributed by atoms with Crippen molar-refractivity contribution in [3.63, 3.8) is 0 Å². The fraction of sp³-hybridized carbons (Fsp3) is 0.500. The molecule has 0 bridgehead atoms. The van der Waals surface area contributed by atoms with Crippen molar-refractivity contribution in [2.75, 3.05) is 0 Å². The molecule has 0 heterocycles. The maximum Gasteiger partial charge on any atom is -0.0219 e. The van der Waals surface area contributed by atoms with Crippen molar-refractivity contribution in [3.05, 3.63) is 70.8 Å². The van der Waals surface area contributed by atoms with Gasteiger partial charge >= 0.3 is 0 Å². The third-order valence-corrected chi connectivity index (χ3v) is 4.51. The minimum absolute atomic E-state index is 0.642. The van der Waals surface area contributed by atoms with Crippen LogP contribution in [-0.4, -0.2) is 0 Å². The van der Waals surface area contributed by atoms with Crippen LogP contribution >= 0.6 is 0 Å². The Morgan fingerprint density at radius 2 is 0.708 bits per heavy atom. The Morgan fingerprint density at radius 3 is 0.958 bits per heavy atom. The quantitative estimate of drug-likeness (QED) is 0.536. The van der Waals surface area contributed by atoms with Crippen LogP contribution < -0.4 is 0 Å². The lowest BCUT2D eigenvalue weighted by Gasteiger charge is -2.09. The van der Waals surface area contributed by atoms with Gasteiger partial charge < -0.3 is 0 Å². The lowest BCUT2D eigenvalue weighted by molar-refractivity contribution is 0.834. The molecule has 0 N–H and O–H groups in total. The lowest BCUT2D eigenvalue weighted by Crippen LogP contribution is -1.91. The zero-order valence-corrected chi connectivity index (χ0v) is 16.9. The summed E-state index contributed by atoms with van der Waals surface area (Å²) in [6.45, 7) is 17.8. The summed E-state index contributed by atoms with van der Waals surface area (Å²) in [7, 11) is 0. The van der Waals surface area contributed by atoms with Gasteiger partial charge in [0.05, 0.1) is 0 Å². The second-order valence-corrected chi connectivity index (χ2v) is 7.96. The van der Waals surface area contributed by atoms with Crippen LogP contribution in [0, 0.1) is 0 Å². The minimum atomic E-state index is 0.642. The molecule has 0 unspecified atom stereocenters. The molecule has 132 valence electrons. The normalized spacial score (nSPS) is 11.2. The van der Waals surface area contributed by atoms with E-state index in [4.69, 9.17) is 0 Å². The van der Waals surface area contributed by atoms with Gasteiger partial charge in [0.15, 0.2) is 0 Å². The van der Waals surface area contributed by atoms with Gasteiger partial charge in [0.25, 0.3) is 0 Å². The van der Waals surface area contributed by atoms with Crippen LogP contribution in [0.25, 0.3) is 0 Å². The predicted molar refractivity (Wildman–Crippen MR) is 109 cm³/mol. The molecule has 0 saturated heterocycles. The lowest BCUT2D eigenvalue weighted by atomic mass is 9.96. The Bertz CT molecular complexity index is 535. The van der Waals surface area contributed by atoms with Crippen molar-refractivity contribution in [2.24, 2.45) is 0 Å². The van der Waals surface area contributed by atoms with Crippen molar-refractivity contribution in [2.45, 2.75) is 79.1 Å². The topological polar surface area (TPSA) is 0 Å². The maximum atomic E-state index is 2.31. The first kappa shape index (κ1) is 20.5. The molecule has 0 aromatic heterocycles. The van der Waals surface area contributed by atoms with E-state index in [1.54, 1.807) is 0 Å². The molecule has 0 aliphatic rings. The highest BCUT2D eigenvalue weighted by atomic mass is 14.1. The van der Waals surface area contributed by atoms with E-state index in [0.717, 1.165) is 0 Å². The van der Waals surface area contributed by atoms with E-state index in [0.29, 0.717) is 23.7 Å². The molecule has 0 spiro atoms. The van der Waals surface area contributed by atoms with Gasteiger partial charge in [-0.3, -0.25) is 0 Å². The summed E-state index contributed by atoms with van der Waals surface area (Å²) >= 11 is 0. The molecule has 2 aromatic carbocycles. The van der Waals surface area contributed by atoms with Crippen molar-refractivity contribution in [1.82, 2.24) is 0 Å². The Morgan fingerprint density at radius 1 is 0.417 bits per heavy atom. The van der Waals surface area contributed by atoms with Crippen LogP contribution in [0.5, 0.6) is 0 Å². The second kappa shape index (κ2) is 9.67.